The summed E-state index contributed by atoms with van der Waals surface area (Å²) in [7, 11) is 0. The first-order valence-electron chi connectivity index (χ1n) is 10.3. The van der Waals surface area contributed by atoms with Crippen LogP contribution in [0.15, 0.2) is 72.8 Å². The number of nitrogens with zero attached hydrogens (tertiary/aromatic N) is 1. The van der Waals surface area contributed by atoms with Crippen LogP contribution in [0, 0.1) is 0 Å². The summed E-state index contributed by atoms with van der Waals surface area (Å²) in [5, 5.41) is 2.92. The predicted molar refractivity (Wildman–Crippen MR) is 117 cm³/mol. The minimum absolute atomic E-state index is 0.111. The number of ether oxygens (including phenoxy) is 2. The van der Waals surface area contributed by atoms with Gasteiger partial charge in [-0.3, -0.25) is 9.59 Å². The molecule has 2 amide bonds. The molecule has 5 rings (SSSR count). The first-order valence-corrected chi connectivity index (χ1v) is 10.3. The fourth-order valence-electron chi connectivity index (χ4n) is 3.95. The third kappa shape index (κ3) is 3.97. The van der Waals surface area contributed by atoms with Gasteiger partial charge in [-0.25, -0.2) is 0 Å². The third-order valence-electron chi connectivity index (χ3n) is 5.53. The highest BCUT2D eigenvalue weighted by Crippen LogP contribution is 2.33. The molecule has 0 spiro atoms. The Morgan fingerprint density at radius 2 is 1.74 bits per heavy atom. The molecular weight excluding hydrogens is 392 g/mol. The van der Waals surface area contributed by atoms with E-state index in [1.165, 1.54) is 0 Å². The molecule has 0 aliphatic carbocycles. The molecule has 0 saturated carbocycles. The van der Waals surface area contributed by atoms with Crippen LogP contribution in [0.4, 0.5) is 11.4 Å². The van der Waals surface area contributed by atoms with Gasteiger partial charge in [-0.15, -0.1) is 0 Å². The first kappa shape index (κ1) is 19.2. The van der Waals surface area contributed by atoms with Gasteiger partial charge in [0.05, 0.1) is 6.54 Å². The molecule has 156 valence electrons. The molecule has 0 saturated heterocycles. The fraction of sp³-hybridized carbons (Fsp3) is 0.200. The van der Waals surface area contributed by atoms with Gasteiger partial charge in [-0.1, -0.05) is 42.5 Å². The zero-order chi connectivity index (χ0) is 21.2. The molecule has 0 fully saturated rings. The molecule has 3 aromatic rings. The van der Waals surface area contributed by atoms with Gasteiger partial charge >= 0.3 is 0 Å². The van der Waals surface area contributed by atoms with E-state index in [2.05, 4.69) is 5.32 Å². The molecule has 1 N–H and O–H groups in total. The van der Waals surface area contributed by atoms with Crippen LogP contribution in [0.1, 0.15) is 17.5 Å². The number of anilines is 2. The number of para-hydroxylation sites is 2. The lowest BCUT2D eigenvalue weighted by Crippen LogP contribution is -2.40. The lowest BCUT2D eigenvalue weighted by atomic mass is 9.99. The number of carbonyl (C=O) groups is 2. The SMILES string of the molecule is O=C(Nc1ccc2c(c1)CCC(=O)N2Cc1ccccc1)C1COc2ccccc2O1. The van der Waals surface area contributed by atoms with Gasteiger partial charge in [0, 0.05) is 17.8 Å². The van der Waals surface area contributed by atoms with E-state index in [0.717, 1.165) is 16.8 Å². The summed E-state index contributed by atoms with van der Waals surface area (Å²) in [5.74, 6) is 1.06. The van der Waals surface area contributed by atoms with Gasteiger partial charge in [-0.05, 0) is 47.9 Å². The van der Waals surface area contributed by atoms with Gasteiger partial charge in [-0.2, -0.15) is 0 Å². The number of amides is 2. The van der Waals surface area contributed by atoms with E-state index in [-0.39, 0.29) is 18.4 Å². The maximum absolute atomic E-state index is 12.7. The lowest BCUT2D eigenvalue weighted by molar-refractivity contribution is -0.125. The van der Waals surface area contributed by atoms with Crippen LogP contribution < -0.4 is 19.7 Å². The van der Waals surface area contributed by atoms with Crippen molar-refractivity contribution < 1.29 is 19.1 Å². The van der Waals surface area contributed by atoms with Crippen molar-refractivity contribution in [3.63, 3.8) is 0 Å². The van der Waals surface area contributed by atoms with Crippen molar-refractivity contribution in [2.45, 2.75) is 25.5 Å². The maximum atomic E-state index is 12.7. The van der Waals surface area contributed by atoms with E-state index in [9.17, 15) is 9.59 Å². The molecule has 31 heavy (non-hydrogen) atoms. The molecule has 1 atom stereocenters. The van der Waals surface area contributed by atoms with Gasteiger partial charge in [0.15, 0.2) is 11.5 Å². The minimum Gasteiger partial charge on any atom is -0.485 e. The highest BCUT2D eigenvalue weighted by atomic mass is 16.6. The number of nitrogens with one attached hydrogen (secondary N) is 1. The Bertz CT molecular complexity index is 1130. The summed E-state index contributed by atoms with van der Waals surface area (Å²) in [6.45, 7) is 0.693. The monoisotopic (exact) mass is 414 g/mol. The highest BCUT2D eigenvalue weighted by Gasteiger charge is 2.28. The normalized spacial score (nSPS) is 17.1. The van der Waals surface area contributed by atoms with E-state index >= 15 is 0 Å². The van der Waals surface area contributed by atoms with Crippen LogP contribution in [0.25, 0.3) is 0 Å². The topological polar surface area (TPSA) is 67.9 Å². The molecule has 0 bridgehead atoms. The van der Waals surface area contributed by atoms with Crippen molar-refractivity contribution in [3.05, 3.63) is 83.9 Å². The van der Waals surface area contributed by atoms with E-state index in [1.54, 1.807) is 6.07 Å². The first-order chi connectivity index (χ1) is 15.2. The molecule has 2 aliphatic rings. The second-order valence-corrected chi connectivity index (χ2v) is 7.66. The largest absolute Gasteiger partial charge is 0.485 e. The molecule has 0 radical (unpaired) electrons. The summed E-state index contributed by atoms with van der Waals surface area (Å²) >= 11 is 0. The molecule has 1 unspecified atom stereocenters. The summed E-state index contributed by atoms with van der Waals surface area (Å²) in [6, 6.07) is 22.9. The van der Waals surface area contributed by atoms with E-state index in [0.29, 0.717) is 36.6 Å². The summed E-state index contributed by atoms with van der Waals surface area (Å²) in [6.07, 6.45) is 0.384. The molecule has 6 heteroatoms. The fourth-order valence-corrected chi connectivity index (χ4v) is 3.95. The molecule has 6 nitrogen and oxygen atoms in total. The third-order valence-corrected chi connectivity index (χ3v) is 5.53. The molecule has 3 aromatic carbocycles. The summed E-state index contributed by atoms with van der Waals surface area (Å²) in [5.41, 5.74) is 3.69. The molecule has 0 aromatic heterocycles. The quantitative estimate of drug-likeness (QED) is 0.702. The smallest absolute Gasteiger partial charge is 0.269 e. The summed E-state index contributed by atoms with van der Waals surface area (Å²) in [4.78, 5) is 27.1. The van der Waals surface area contributed by atoms with E-state index in [1.807, 2.05) is 71.6 Å². The Balaban J connectivity index is 1.31. The molecule has 2 heterocycles. The number of hydrogen-bond acceptors (Lipinski definition) is 4. The van der Waals surface area contributed by atoms with Crippen molar-refractivity contribution in [3.8, 4) is 11.5 Å². The van der Waals surface area contributed by atoms with Crippen LogP contribution >= 0.6 is 0 Å². The van der Waals surface area contributed by atoms with Gasteiger partial charge < -0.3 is 19.7 Å². The van der Waals surface area contributed by atoms with Crippen LogP contribution in [0.2, 0.25) is 0 Å². The number of carbonyl (C=O) groups excluding carboxylic acids is 2. The Hall–Kier alpha value is -3.80. The average molecular weight is 414 g/mol. The number of fused-ring (bicyclic) bond motifs is 2. The van der Waals surface area contributed by atoms with Crippen molar-refractivity contribution in [1.82, 2.24) is 0 Å². The minimum atomic E-state index is -0.720. The molecule has 2 aliphatic heterocycles. The Labute approximate surface area is 180 Å². The summed E-state index contributed by atoms with van der Waals surface area (Å²) < 4.78 is 11.4. The Morgan fingerprint density at radius 3 is 2.58 bits per heavy atom. The van der Waals surface area contributed by atoms with Crippen molar-refractivity contribution in [2.75, 3.05) is 16.8 Å². The predicted octanol–water partition coefficient (Wildman–Crippen LogP) is 3.94. The maximum Gasteiger partial charge on any atom is 0.269 e. The van der Waals surface area contributed by atoms with Gasteiger partial charge in [0.2, 0.25) is 12.0 Å². The van der Waals surface area contributed by atoms with Crippen LogP contribution in [0.3, 0.4) is 0 Å². The van der Waals surface area contributed by atoms with Crippen molar-refractivity contribution >= 4 is 23.2 Å². The molecular formula is C25H22N2O4. The van der Waals surface area contributed by atoms with E-state index in [4.69, 9.17) is 9.47 Å². The van der Waals surface area contributed by atoms with Crippen molar-refractivity contribution in [1.29, 1.82) is 0 Å². The number of benzene rings is 3. The lowest BCUT2D eigenvalue weighted by Gasteiger charge is -2.30. The zero-order valence-electron chi connectivity index (χ0n) is 16.9. The number of hydrogen-bond donors (Lipinski definition) is 1. The van der Waals surface area contributed by atoms with Crippen LogP contribution in [-0.2, 0) is 22.6 Å². The van der Waals surface area contributed by atoms with Crippen LogP contribution in [-0.4, -0.2) is 24.5 Å². The van der Waals surface area contributed by atoms with Gasteiger partial charge in [0.1, 0.15) is 6.61 Å². The second kappa shape index (κ2) is 8.14. The Morgan fingerprint density at radius 1 is 0.968 bits per heavy atom. The average Bonchev–Trinajstić information content (AvgIpc) is 2.81. The van der Waals surface area contributed by atoms with Crippen molar-refractivity contribution in [2.24, 2.45) is 0 Å². The number of rotatable bonds is 4. The standard InChI is InChI=1S/C25H22N2O4/c28-24-13-10-18-14-19(11-12-20(18)27(24)15-17-6-2-1-3-7-17)26-25(29)23-16-30-21-8-4-5-9-22(21)31-23/h1-9,11-12,14,23H,10,13,15-16H2,(H,26,29). The zero-order valence-corrected chi connectivity index (χ0v) is 16.9. The van der Waals surface area contributed by atoms with Gasteiger partial charge in [0.25, 0.3) is 5.91 Å². The highest BCUT2D eigenvalue weighted by molar-refractivity contribution is 5.98. The van der Waals surface area contributed by atoms with E-state index < -0.39 is 6.10 Å². The number of aryl methyl sites for hydroxylation is 1. The second-order valence-electron chi connectivity index (χ2n) is 7.66. The Kier molecular flexibility index (Phi) is 5.04. The van der Waals surface area contributed by atoms with Crippen LogP contribution in [0.5, 0.6) is 11.5 Å².